The highest BCUT2D eigenvalue weighted by Crippen LogP contribution is 2.26. The van der Waals surface area contributed by atoms with Crippen molar-refractivity contribution >= 4 is 11.3 Å². The van der Waals surface area contributed by atoms with Gasteiger partial charge in [-0.2, -0.15) is 0 Å². The fourth-order valence-electron chi connectivity index (χ4n) is 1.56. The zero-order valence-electron chi connectivity index (χ0n) is 11.1. The first-order valence-corrected chi connectivity index (χ1v) is 6.97. The van der Waals surface area contributed by atoms with Crippen LogP contribution in [0, 0.1) is 0 Å². The van der Waals surface area contributed by atoms with Crippen LogP contribution in [-0.2, 0) is 12.0 Å². The van der Waals surface area contributed by atoms with Crippen molar-refractivity contribution in [3.05, 3.63) is 16.1 Å². The smallest absolute Gasteiger partial charge is 0.0981 e. The molecule has 1 heterocycles. The van der Waals surface area contributed by atoms with Crippen molar-refractivity contribution in [3.63, 3.8) is 0 Å². The van der Waals surface area contributed by atoms with Crippen molar-refractivity contribution < 1.29 is 0 Å². The predicted octanol–water partition coefficient (Wildman–Crippen LogP) is 3.72. The number of rotatable bonds is 5. The van der Waals surface area contributed by atoms with E-state index < -0.39 is 0 Å². The molecule has 0 atom stereocenters. The molecule has 1 N–H and O–H groups in total. The second-order valence-electron chi connectivity index (χ2n) is 5.28. The maximum Gasteiger partial charge on any atom is 0.0981 e. The van der Waals surface area contributed by atoms with Gasteiger partial charge in [-0.15, -0.1) is 11.3 Å². The number of nitrogens with one attached hydrogen (secondary N) is 1. The first kappa shape index (κ1) is 13.7. The Hall–Kier alpha value is -0.410. The van der Waals surface area contributed by atoms with Crippen LogP contribution in [0.5, 0.6) is 0 Å². The normalized spacial score (nSPS) is 12.4. The lowest BCUT2D eigenvalue weighted by molar-refractivity contribution is 0.486. The van der Waals surface area contributed by atoms with E-state index in [1.807, 2.05) is 17.5 Å². The van der Waals surface area contributed by atoms with Crippen molar-refractivity contribution in [1.29, 1.82) is 0 Å². The van der Waals surface area contributed by atoms with Crippen LogP contribution in [0.25, 0.3) is 0 Å². The summed E-state index contributed by atoms with van der Waals surface area (Å²) in [5.74, 6) is 0. The Morgan fingerprint density at radius 3 is 2.38 bits per heavy atom. The summed E-state index contributed by atoms with van der Waals surface area (Å²) in [4.78, 5) is 5.84. The lowest BCUT2D eigenvalue weighted by atomic mass is 9.98. The molecule has 0 saturated heterocycles. The van der Waals surface area contributed by atoms with Crippen LogP contribution >= 0.6 is 11.3 Å². The van der Waals surface area contributed by atoms with E-state index in [4.69, 9.17) is 0 Å². The Morgan fingerprint density at radius 2 is 1.94 bits per heavy atom. The molecule has 0 unspecified atom stereocenters. The summed E-state index contributed by atoms with van der Waals surface area (Å²) in [6, 6.07) is 0.639. The first-order chi connectivity index (χ1) is 7.47. The molecule has 0 radical (unpaired) electrons. The van der Waals surface area contributed by atoms with Crippen molar-refractivity contribution in [2.75, 3.05) is 0 Å². The molecule has 0 amide bonds. The highest BCUT2D eigenvalue weighted by molar-refractivity contribution is 7.11. The Kier molecular flexibility index (Phi) is 4.93. The number of nitrogens with zero attached hydrogens (tertiary/aromatic N) is 1. The van der Waals surface area contributed by atoms with Crippen LogP contribution in [0.4, 0.5) is 0 Å². The summed E-state index contributed by atoms with van der Waals surface area (Å²) >= 11 is 1.83. The minimum absolute atomic E-state index is 0.178. The van der Waals surface area contributed by atoms with Gasteiger partial charge in [0, 0.05) is 29.1 Å². The maximum absolute atomic E-state index is 4.50. The third kappa shape index (κ3) is 3.87. The van der Waals surface area contributed by atoms with Gasteiger partial charge in [-0.1, -0.05) is 34.6 Å². The predicted molar refractivity (Wildman–Crippen MR) is 72.0 cm³/mol. The Bertz CT molecular complexity index is 308. The van der Waals surface area contributed by atoms with E-state index in [9.17, 15) is 0 Å². The lowest BCUT2D eigenvalue weighted by Crippen LogP contribution is -2.26. The van der Waals surface area contributed by atoms with Gasteiger partial charge in [-0.25, -0.2) is 4.98 Å². The SMILES string of the molecule is CCC(CC)NCc1cnc(C(C)(C)C)s1. The van der Waals surface area contributed by atoms with Gasteiger partial charge in [0.15, 0.2) is 0 Å². The molecule has 0 bridgehead atoms. The number of aromatic nitrogens is 1. The molecule has 16 heavy (non-hydrogen) atoms. The second-order valence-corrected chi connectivity index (χ2v) is 6.39. The van der Waals surface area contributed by atoms with Crippen LogP contribution in [0.3, 0.4) is 0 Å². The monoisotopic (exact) mass is 240 g/mol. The molecule has 3 heteroatoms. The van der Waals surface area contributed by atoms with Gasteiger partial charge in [-0.05, 0) is 12.8 Å². The molecule has 1 aromatic rings. The first-order valence-electron chi connectivity index (χ1n) is 6.16. The Labute approximate surface area is 103 Å². The van der Waals surface area contributed by atoms with E-state index in [1.54, 1.807) is 0 Å². The summed E-state index contributed by atoms with van der Waals surface area (Å²) in [5.41, 5.74) is 0.178. The van der Waals surface area contributed by atoms with E-state index in [0.717, 1.165) is 6.54 Å². The summed E-state index contributed by atoms with van der Waals surface area (Å²) in [6.45, 7) is 12.1. The molecule has 0 aliphatic rings. The van der Waals surface area contributed by atoms with E-state index in [0.29, 0.717) is 6.04 Å². The Morgan fingerprint density at radius 1 is 1.31 bits per heavy atom. The summed E-state index contributed by atoms with van der Waals surface area (Å²) in [7, 11) is 0. The molecule has 0 fully saturated rings. The van der Waals surface area contributed by atoms with Crippen molar-refractivity contribution in [1.82, 2.24) is 10.3 Å². The quantitative estimate of drug-likeness (QED) is 0.848. The molecule has 0 aliphatic carbocycles. The van der Waals surface area contributed by atoms with Crippen molar-refractivity contribution in [2.24, 2.45) is 0 Å². The zero-order chi connectivity index (χ0) is 12.2. The van der Waals surface area contributed by atoms with Crippen LogP contribution in [-0.4, -0.2) is 11.0 Å². The number of thiazole rings is 1. The van der Waals surface area contributed by atoms with Crippen LogP contribution < -0.4 is 5.32 Å². The molecule has 2 nitrogen and oxygen atoms in total. The van der Waals surface area contributed by atoms with E-state index in [2.05, 4.69) is 44.9 Å². The minimum atomic E-state index is 0.178. The van der Waals surface area contributed by atoms with E-state index in [1.165, 1.54) is 22.7 Å². The highest BCUT2D eigenvalue weighted by atomic mass is 32.1. The molecule has 0 aliphatic heterocycles. The molecule has 0 aromatic carbocycles. The third-order valence-corrected chi connectivity index (χ3v) is 4.17. The zero-order valence-corrected chi connectivity index (χ0v) is 11.9. The molecule has 0 spiro atoms. The van der Waals surface area contributed by atoms with Crippen molar-refractivity contribution in [3.8, 4) is 0 Å². The van der Waals surface area contributed by atoms with E-state index in [-0.39, 0.29) is 5.41 Å². The van der Waals surface area contributed by atoms with Crippen LogP contribution in [0.2, 0.25) is 0 Å². The average Bonchev–Trinajstić information content (AvgIpc) is 2.67. The summed E-state index contributed by atoms with van der Waals surface area (Å²) in [5, 5.41) is 4.80. The maximum atomic E-state index is 4.50. The molecular formula is C13H24N2S. The van der Waals surface area contributed by atoms with Gasteiger partial charge in [0.2, 0.25) is 0 Å². The summed E-state index contributed by atoms with van der Waals surface area (Å²) < 4.78 is 0. The minimum Gasteiger partial charge on any atom is -0.309 e. The topological polar surface area (TPSA) is 24.9 Å². The summed E-state index contributed by atoms with van der Waals surface area (Å²) in [6.07, 6.45) is 4.41. The molecular weight excluding hydrogens is 216 g/mol. The number of hydrogen-bond acceptors (Lipinski definition) is 3. The van der Waals surface area contributed by atoms with Gasteiger partial charge in [0.05, 0.1) is 5.01 Å². The molecule has 0 saturated carbocycles. The lowest BCUT2D eigenvalue weighted by Gasteiger charge is -2.14. The number of hydrogen-bond donors (Lipinski definition) is 1. The largest absolute Gasteiger partial charge is 0.309 e. The standard InChI is InChI=1S/C13H24N2S/c1-6-10(7-2)14-8-11-9-15-12(16-11)13(3,4)5/h9-10,14H,6-8H2,1-5H3. The molecule has 1 aromatic heterocycles. The molecule has 1 rings (SSSR count). The Balaban J connectivity index is 2.53. The van der Waals surface area contributed by atoms with Gasteiger partial charge >= 0.3 is 0 Å². The fourth-order valence-corrected chi connectivity index (χ4v) is 2.48. The van der Waals surface area contributed by atoms with Gasteiger partial charge in [-0.3, -0.25) is 0 Å². The van der Waals surface area contributed by atoms with E-state index >= 15 is 0 Å². The van der Waals surface area contributed by atoms with Gasteiger partial charge in [0.25, 0.3) is 0 Å². The van der Waals surface area contributed by atoms with Gasteiger partial charge in [0.1, 0.15) is 0 Å². The third-order valence-electron chi connectivity index (χ3n) is 2.75. The van der Waals surface area contributed by atoms with Crippen LogP contribution in [0.15, 0.2) is 6.20 Å². The van der Waals surface area contributed by atoms with Gasteiger partial charge < -0.3 is 5.32 Å². The highest BCUT2D eigenvalue weighted by Gasteiger charge is 2.17. The average molecular weight is 240 g/mol. The fraction of sp³-hybridized carbons (Fsp3) is 0.769. The van der Waals surface area contributed by atoms with Crippen LogP contribution in [0.1, 0.15) is 57.3 Å². The molecule has 92 valence electrons. The van der Waals surface area contributed by atoms with Crippen molar-refractivity contribution in [2.45, 2.75) is 65.5 Å². The second kappa shape index (κ2) is 5.78.